The minimum absolute atomic E-state index is 0.816. The molecule has 1 saturated heterocycles. The molecule has 0 spiro atoms. The Morgan fingerprint density at radius 3 is 2.79 bits per heavy atom. The number of hydrogen-bond donors (Lipinski definition) is 0. The summed E-state index contributed by atoms with van der Waals surface area (Å²) in [7, 11) is 0. The van der Waals surface area contributed by atoms with Crippen LogP contribution in [0.2, 0.25) is 0 Å². The summed E-state index contributed by atoms with van der Waals surface area (Å²) in [6.07, 6.45) is 4.88. The van der Waals surface area contributed by atoms with Gasteiger partial charge in [-0.1, -0.05) is 11.3 Å². The topological polar surface area (TPSA) is 59.3 Å². The molecule has 2 aromatic heterocycles. The van der Waals surface area contributed by atoms with Gasteiger partial charge in [-0.3, -0.25) is 14.8 Å². The molecule has 4 rings (SSSR count). The van der Waals surface area contributed by atoms with Crippen molar-refractivity contribution in [3.8, 4) is 0 Å². The average molecular weight is 328 g/mol. The van der Waals surface area contributed by atoms with E-state index in [0.29, 0.717) is 0 Å². The number of pyridine rings is 1. The summed E-state index contributed by atoms with van der Waals surface area (Å²) in [6, 6.07) is 4.14. The highest BCUT2D eigenvalue weighted by Crippen LogP contribution is 2.18. The Labute approximate surface area is 142 Å². The Kier molecular flexibility index (Phi) is 4.82. The van der Waals surface area contributed by atoms with Crippen molar-refractivity contribution in [1.29, 1.82) is 0 Å². The fraction of sp³-hybridized carbons (Fsp3) is 0.588. The van der Waals surface area contributed by atoms with Crippen LogP contribution in [0.5, 0.6) is 0 Å². The van der Waals surface area contributed by atoms with Crippen molar-refractivity contribution >= 4 is 0 Å². The van der Waals surface area contributed by atoms with Crippen LogP contribution in [0.4, 0.5) is 0 Å². The van der Waals surface area contributed by atoms with E-state index in [1.165, 1.54) is 11.3 Å². The highest BCUT2D eigenvalue weighted by Gasteiger charge is 2.22. The van der Waals surface area contributed by atoms with E-state index in [-0.39, 0.29) is 0 Å². The van der Waals surface area contributed by atoms with E-state index in [1.54, 1.807) is 0 Å². The Morgan fingerprint density at radius 2 is 1.96 bits per heavy atom. The van der Waals surface area contributed by atoms with Gasteiger partial charge in [-0.05, 0) is 18.1 Å². The zero-order valence-electron chi connectivity index (χ0n) is 14.0. The molecule has 0 N–H and O–H groups in total. The first-order chi connectivity index (χ1) is 11.9. The van der Waals surface area contributed by atoms with Crippen LogP contribution in [0, 0.1) is 0 Å². The van der Waals surface area contributed by atoms with Gasteiger partial charge in [-0.15, -0.1) is 5.10 Å². The minimum Gasteiger partial charge on any atom is -0.379 e. The van der Waals surface area contributed by atoms with Crippen LogP contribution in [0.15, 0.2) is 24.5 Å². The summed E-state index contributed by atoms with van der Waals surface area (Å²) < 4.78 is 7.53. The molecule has 7 heteroatoms. The number of fused-ring (bicyclic) bond motifs is 1. The zero-order chi connectivity index (χ0) is 16.2. The number of ether oxygens (including phenoxy) is 1. The molecule has 0 radical (unpaired) electrons. The number of hydrogen-bond acceptors (Lipinski definition) is 6. The molecular weight excluding hydrogens is 304 g/mol. The summed E-state index contributed by atoms with van der Waals surface area (Å²) in [5.74, 6) is 0. The quantitative estimate of drug-likeness (QED) is 0.831. The summed E-state index contributed by atoms with van der Waals surface area (Å²) >= 11 is 0. The molecule has 2 aromatic rings. The monoisotopic (exact) mass is 328 g/mol. The Balaban J connectivity index is 1.47. The largest absolute Gasteiger partial charge is 0.379 e. The zero-order valence-corrected chi connectivity index (χ0v) is 14.0. The van der Waals surface area contributed by atoms with Crippen molar-refractivity contribution < 1.29 is 4.74 Å². The maximum absolute atomic E-state index is 5.44. The van der Waals surface area contributed by atoms with Crippen LogP contribution >= 0.6 is 0 Å². The van der Waals surface area contributed by atoms with Gasteiger partial charge in [0.05, 0.1) is 18.9 Å². The molecule has 1 fully saturated rings. The molecule has 0 atom stereocenters. The predicted molar refractivity (Wildman–Crippen MR) is 89.1 cm³/mol. The lowest BCUT2D eigenvalue weighted by Gasteiger charge is -2.26. The van der Waals surface area contributed by atoms with Gasteiger partial charge in [0.2, 0.25) is 0 Å². The van der Waals surface area contributed by atoms with Crippen LogP contribution in [0.3, 0.4) is 0 Å². The third-order valence-electron chi connectivity index (χ3n) is 4.74. The van der Waals surface area contributed by atoms with Crippen molar-refractivity contribution in [1.82, 2.24) is 29.8 Å². The number of aromatic nitrogens is 4. The number of morpholine rings is 1. The predicted octanol–water partition coefficient (Wildman–Crippen LogP) is 0.911. The lowest BCUT2D eigenvalue weighted by molar-refractivity contribution is 0.0334. The standard InChI is InChI=1S/C17H24N6O/c1-3-15(11-18-4-1)12-22-5-2-6-23-17(14-22)16(19-20-23)13-21-7-9-24-10-8-21/h1,3-4,11H,2,5-10,12-14H2. The van der Waals surface area contributed by atoms with Gasteiger partial charge in [-0.2, -0.15) is 0 Å². The van der Waals surface area contributed by atoms with E-state index in [4.69, 9.17) is 4.74 Å². The number of rotatable bonds is 4. The van der Waals surface area contributed by atoms with Gasteiger partial charge in [0, 0.05) is 58.2 Å². The van der Waals surface area contributed by atoms with E-state index in [9.17, 15) is 0 Å². The molecule has 4 heterocycles. The van der Waals surface area contributed by atoms with Crippen molar-refractivity contribution in [3.63, 3.8) is 0 Å². The van der Waals surface area contributed by atoms with Crippen LogP contribution in [-0.4, -0.2) is 62.6 Å². The summed E-state index contributed by atoms with van der Waals surface area (Å²) in [5, 5.41) is 8.86. The number of nitrogens with zero attached hydrogens (tertiary/aromatic N) is 6. The molecular formula is C17H24N6O. The minimum atomic E-state index is 0.816. The molecule has 128 valence electrons. The van der Waals surface area contributed by atoms with E-state index < -0.39 is 0 Å². The SMILES string of the molecule is c1cncc(CN2CCCn3nnc(CN4CCOCC4)c3C2)c1. The van der Waals surface area contributed by atoms with Gasteiger partial charge < -0.3 is 4.74 Å². The fourth-order valence-electron chi connectivity index (χ4n) is 3.43. The maximum atomic E-state index is 5.44. The average Bonchev–Trinajstić information content (AvgIpc) is 2.87. The van der Waals surface area contributed by atoms with E-state index in [2.05, 4.69) is 35.8 Å². The van der Waals surface area contributed by atoms with Crippen LogP contribution in [-0.2, 0) is 30.9 Å². The molecule has 0 aliphatic carbocycles. The molecule has 0 amide bonds. The Morgan fingerprint density at radius 1 is 1.04 bits per heavy atom. The van der Waals surface area contributed by atoms with Crippen LogP contribution in [0.25, 0.3) is 0 Å². The van der Waals surface area contributed by atoms with Gasteiger partial charge >= 0.3 is 0 Å². The Bertz CT molecular complexity index is 652. The molecule has 24 heavy (non-hydrogen) atoms. The van der Waals surface area contributed by atoms with Crippen molar-refractivity contribution in [3.05, 3.63) is 41.5 Å². The first-order valence-electron chi connectivity index (χ1n) is 8.71. The van der Waals surface area contributed by atoms with E-state index in [0.717, 1.165) is 71.1 Å². The van der Waals surface area contributed by atoms with Crippen molar-refractivity contribution in [2.24, 2.45) is 0 Å². The van der Waals surface area contributed by atoms with Gasteiger partial charge in [0.25, 0.3) is 0 Å². The van der Waals surface area contributed by atoms with E-state index in [1.807, 2.05) is 18.5 Å². The van der Waals surface area contributed by atoms with Gasteiger partial charge in [0.1, 0.15) is 5.69 Å². The van der Waals surface area contributed by atoms with Crippen molar-refractivity contribution in [2.45, 2.75) is 32.6 Å². The molecule has 2 aliphatic rings. The molecule has 0 aromatic carbocycles. The highest BCUT2D eigenvalue weighted by atomic mass is 16.5. The Hall–Kier alpha value is -1.83. The lowest BCUT2D eigenvalue weighted by Crippen LogP contribution is -2.36. The van der Waals surface area contributed by atoms with Crippen LogP contribution in [0.1, 0.15) is 23.4 Å². The van der Waals surface area contributed by atoms with E-state index >= 15 is 0 Å². The fourth-order valence-corrected chi connectivity index (χ4v) is 3.43. The van der Waals surface area contributed by atoms with Crippen molar-refractivity contribution in [2.75, 3.05) is 32.8 Å². The third-order valence-corrected chi connectivity index (χ3v) is 4.74. The first kappa shape index (κ1) is 15.7. The molecule has 7 nitrogen and oxygen atoms in total. The van der Waals surface area contributed by atoms with Gasteiger partial charge in [-0.25, -0.2) is 4.68 Å². The molecule has 0 saturated carbocycles. The van der Waals surface area contributed by atoms with Crippen LogP contribution < -0.4 is 0 Å². The second kappa shape index (κ2) is 7.38. The highest BCUT2D eigenvalue weighted by molar-refractivity contribution is 5.13. The molecule has 0 unspecified atom stereocenters. The summed E-state index contributed by atoms with van der Waals surface area (Å²) in [4.78, 5) is 9.11. The number of aryl methyl sites for hydroxylation is 1. The maximum Gasteiger partial charge on any atom is 0.101 e. The first-order valence-corrected chi connectivity index (χ1v) is 8.71. The lowest BCUT2D eigenvalue weighted by atomic mass is 10.2. The second-order valence-electron chi connectivity index (χ2n) is 6.52. The van der Waals surface area contributed by atoms with Gasteiger partial charge in [0.15, 0.2) is 0 Å². The summed E-state index contributed by atoms with van der Waals surface area (Å²) in [5.41, 5.74) is 3.64. The smallest absolute Gasteiger partial charge is 0.101 e. The second-order valence-corrected chi connectivity index (χ2v) is 6.52. The summed E-state index contributed by atoms with van der Waals surface area (Å²) in [6.45, 7) is 8.33. The normalized spacial score (nSPS) is 19.8. The molecule has 2 aliphatic heterocycles. The molecule has 0 bridgehead atoms. The third kappa shape index (κ3) is 3.63.